The van der Waals surface area contributed by atoms with Crippen LogP contribution in [0.3, 0.4) is 0 Å². The maximum atomic E-state index is 12.8. The molecular weight excluding hydrogens is 260 g/mol. The van der Waals surface area contributed by atoms with Crippen LogP contribution in [0.25, 0.3) is 0 Å². The van der Waals surface area contributed by atoms with Crippen LogP contribution in [-0.2, 0) is 4.79 Å². The number of benzene rings is 1. The molecule has 3 nitrogen and oxygen atoms in total. The van der Waals surface area contributed by atoms with Gasteiger partial charge in [0.15, 0.2) is 0 Å². The van der Waals surface area contributed by atoms with E-state index in [4.69, 9.17) is 0 Å². The Kier molecular flexibility index (Phi) is 5.40. The van der Waals surface area contributed by atoms with Crippen molar-refractivity contribution < 1.29 is 4.79 Å². The summed E-state index contributed by atoms with van der Waals surface area (Å²) in [5.41, 5.74) is 1.07. The monoisotopic (exact) mass is 288 g/mol. The molecular formula is C18H28N2O. The molecule has 0 saturated carbocycles. The lowest BCUT2D eigenvalue weighted by atomic mass is 10.1. The van der Waals surface area contributed by atoms with E-state index in [1.807, 2.05) is 30.3 Å². The minimum absolute atomic E-state index is 0.168. The third-order valence-electron chi connectivity index (χ3n) is 4.04. The topological polar surface area (TPSA) is 32.3 Å². The number of nitrogens with one attached hydrogen (secondary N) is 1. The van der Waals surface area contributed by atoms with Crippen LogP contribution < -0.4 is 5.32 Å². The second-order valence-corrected chi connectivity index (χ2v) is 6.87. The minimum Gasteiger partial charge on any atom is -0.325 e. The molecule has 1 aromatic carbocycles. The second-order valence-electron chi connectivity index (χ2n) is 6.87. The van der Waals surface area contributed by atoms with Gasteiger partial charge < -0.3 is 4.90 Å². The maximum absolute atomic E-state index is 12.8. The number of carbonyl (C=O) groups is 1. The van der Waals surface area contributed by atoms with Crippen LogP contribution in [0, 0.1) is 11.8 Å². The number of nitrogens with zero attached hydrogens (tertiary/aromatic N) is 1. The molecule has 0 aliphatic carbocycles. The van der Waals surface area contributed by atoms with Gasteiger partial charge in [-0.2, -0.15) is 0 Å². The van der Waals surface area contributed by atoms with E-state index in [2.05, 4.69) is 37.9 Å². The van der Waals surface area contributed by atoms with E-state index in [9.17, 15) is 4.79 Å². The molecule has 21 heavy (non-hydrogen) atoms. The van der Waals surface area contributed by atoms with Crippen molar-refractivity contribution in [3.63, 3.8) is 0 Å². The van der Waals surface area contributed by atoms with Gasteiger partial charge in [-0.15, -0.1) is 0 Å². The molecule has 1 fully saturated rings. The second kappa shape index (κ2) is 7.08. The summed E-state index contributed by atoms with van der Waals surface area (Å²) in [6.45, 7) is 9.69. The number of carbonyl (C=O) groups excluding carboxylic acids is 1. The Morgan fingerprint density at radius 3 is 2.33 bits per heavy atom. The van der Waals surface area contributed by atoms with Crippen molar-refractivity contribution >= 4 is 5.91 Å². The van der Waals surface area contributed by atoms with Gasteiger partial charge in [-0.25, -0.2) is 0 Å². The zero-order valence-corrected chi connectivity index (χ0v) is 13.7. The highest BCUT2D eigenvalue weighted by atomic mass is 16.2. The van der Waals surface area contributed by atoms with Crippen molar-refractivity contribution in [3.05, 3.63) is 35.9 Å². The van der Waals surface area contributed by atoms with Crippen LogP contribution in [0.1, 0.15) is 52.1 Å². The third-order valence-corrected chi connectivity index (χ3v) is 4.04. The summed E-state index contributed by atoms with van der Waals surface area (Å²) in [5, 5.41) is 3.54. The van der Waals surface area contributed by atoms with E-state index in [-0.39, 0.29) is 18.1 Å². The van der Waals surface area contributed by atoms with Gasteiger partial charge in [0.05, 0.1) is 6.17 Å². The van der Waals surface area contributed by atoms with Gasteiger partial charge in [0.25, 0.3) is 0 Å². The quantitative estimate of drug-likeness (QED) is 0.868. The van der Waals surface area contributed by atoms with Crippen molar-refractivity contribution in [1.82, 2.24) is 10.2 Å². The van der Waals surface area contributed by atoms with Gasteiger partial charge in [-0.3, -0.25) is 10.1 Å². The first-order chi connectivity index (χ1) is 9.99. The van der Waals surface area contributed by atoms with Crippen molar-refractivity contribution in [1.29, 1.82) is 0 Å². The molecule has 0 radical (unpaired) electrons. The molecule has 1 aliphatic rings. The Bertz CT molecular complexity index is 456. The van der Waals surface area contributed by atoms with Crippen molar-refractivity contribution in [2.24, 2.45) is 11.8 Å². The first-order valence-corrected chi connectivity index (χ1v) is 8.10. The molecule has 1 heterocycles. The maximum Gasteiger partial charge on any atom is 0.245 e. The smallest absolute Gasteiger partial charge is 0.245 e. The number of hydrogen-bond acceptors (Lipinski definition) is 2. The van der Waals surface area contributed by atoms with Gasteiger partial charge in [-0.1, -0.05) is 58.0 Å². The highest BCUT2D eigenvalue weighted by molar-refractivity contribution is 5.85. The summed E-state index contributed by atoms with van der Waals surface area (Å²) in [6.07, 6.45) is 2.23. The summed E-state index contributed by atoms with van der Waals surface area (Å²) < 4.78 is 0. The molecule has 1 aliphatic heterocycles. The fourth-order valence-corrected chi connectivity index (χ4v) is 2.86. The predicted molar refractivity (Wildman–Crippen MR) is 86.7 cm³/mol. The Morgan fingerprint density at radius 2 is 1.76 bits per heavy atom. The van der Waals surface area contributed by atoms with Crippen LogP contribution in [0.4, 0.5) is 0 Å². The molecule has 1 aromatic rings. The Labute approximate surface area is 128 Å². The fourth-order valence-electron chi connectivity index (χ4n) is 2.86. The first kappa shape index (κ1) is 16.0. The van der Waals surface area contributed by atoms with Crippen molar-refractivity contribution in [2.75, 3.05) is 6.54 Å². The van der Waals surface area contributed by atoms with E-state index in [1.165, 1.54) is 0 Å². The number of amides is 1. The standard InChI is InChI=1S/C18H28N2O/c1-13(2)10-11-20-16(12-14(3)4)19-17(18(20)21)15-8-6-5-7-9-15/h5-9,13-14,16-17,19H,10-12H2,1-4H3. The van der Waals surface area contributed by atoms with E-state index < -0.39 is 0 Å². The average molecular weight is 288 g/mol. The minimum atomic E-state index is -0.179. The van der Waals surface area contributed by atoms with E-state index >= 15 is 0 Å². The van der Waals surface area contributed by atoms with Gasteiger partial charge in [0.1, 0.15) is 6.04 Å². The average Bonchev–Trinajstić information content (AvgIpc) is 2.73. The van der Waals surface area contributed by atoms with Crippen LogP contribution in [0.2, 0.25) is 0 Å². The van der Waals surface area contributed by atoms with E-state index in [1.54, 1.807) is 0 Å². The van der Waals surface area contributed by atoms with Gasteiger partial charge in [0.2, 0.25) is 5.91 Å². The van der Waals surface area contributed by atoms with Crippen molar-refractivity contribution in [2.45, 2.75) is 52.7 Å². The molecule has 0 aromatic heterocycles. The molecule has 116 valence electrons. The van der Waals surface area contributed by atoms with Crippen molar-refractivity contribution in [3.8, 4) is 0 Å². The highest BCUT2D eigenvalue weighted by Crippen LogP contribution is 2.27. The van der Waals surface area contributed by atoms with Crippen LogP contribution in [0.5, 0.6) is 0 Å². The van der Waals surface area contributed by atoms with Gasteiger partial charge in [-0.05, 0) is 30.2 Å². The Morgan fingerprint density at radius 1 is 1.10 bits per heavy atom. The van der Waals surface area contributed by atoms with Gasteiger partial charge in [0, 0.05) is 6.54 Å². The molecule has 1 amide bonds. The molecule has 1 saturated heterocycles. The fraction of sp³-hybridized carbons (Fsp3) is 0.611. The largest absolute Gasteiger partial charge is 0.325 e. The molecule has 3 heteroatoms. The highest BCUT2D eigenvalue weighted by Gasteiger charge is 2.39. The van der Waals surface area contributed by atoms with Gasteiger partial charge >= 0.3 is 0 Å². The SMILES string of the molecule is CC(C)CCN1C(=O)C(c2ccccc2)NC1CC(C)C. The van der Waals surface area contributed by atoms with E-state index in [0.29, 0.717) is 11.8 Å². The van der Waals surface area contributed by atoms with Crippen LogP contribution >= 0.6 is 0 Å². The lowest BCUT2D eigenvalue weighted by molar-refractivity contribution is -0.130. The third kappa shape index (κ3) is 4.07. The zero-order chi connectivity index (χ0) is 15.4. The zero-order valence-electron chi connectivity index (χ0n) is 13.7. The summed E-state index contributed by atoms with van der Waals surface area (Å²) in [7, 11) is 0. The summed E-state index contributed by atoms with van der Waals surface area (Å²) in [4.78, 5) is 14.8. The Balaban J connectivity index is 2.14. The number of rotatable bonds is 6. The molecule has 2 unspecified atom stereocenters. The molecule has 0 bridgehead atoms. The molecule has 0 spiro atoms. The number of hydrogen-bond donors (Lipinski definition) is 1. The normalized spacial score (nSPS) is 22.6. The molecule has 2 rings (SSSR count). The van der Waals surface area contributed by atoms with Crippen LogP contribution in [-0.4, -0.2) is 23.5 Å². The first-order valence-electron chi connectivity index (χ1n) is 8.10. The predicted octanol–water partition coefficient (Wildman–Crippen LogP) is 3.58. The van der Waals surface area contributed by atoms with E-state index in [0.717, 1.165) is 24.9 Å². The summed E-state index contributed by atoms with van der Waals surface area (Å²) in [5.74, 6) is 1.42. The molecule has 1 N–H and O–H groups in total. The lowest BCUT2D eigenvalue weighted by Gasteiger charge is -2.26. The van der Waals surface area contributed by atoms with Crippen LogP contribution in [0.15, 0.2) is 30.3 Å². The lowest BCUT2D eigenvalue weighted by Crippen LogP contribution is -2.39. The Hall–Kier alpha value is -1.35. The summed E-state index contributed by atoms with van der Waals surface area (Å²) >= 11 is 0. The molecule has 2 atom stereocenters. The summed E-state index contributed by atoms with van der Waals surface area (Å²) in [6, 6.07) is 9.88.